The molecule has 1 aromatic carbocycles. The third kappa shape index (κ3) is 4.93. The highest BCUT2D eigenvalue weighted by Crippen LogP contribution is 2.23. The molecule has 3 atom stereocenters. The van der Waals surface area contributed by atoms with Crippen molar-refractivity contribution >= 4 is 29.4 Å². The van der Waals surface area contributed by atoms with E-state index in [1.807, 2.05) is 39.0 Å². The van der Waals surface area contributed by atoms with Crippen LogP contribution in [0.1, 0.15) is 45.6 Å². The zero-order valence-corrected chi connectivity index (χ0v) is 15.0. The zero-order valence-electron chi connectivity index (χ0n) is 14.2. The van der Waals surface area contributed by atoms with Crippen molar-refractivity contribution in [2.45, 2.75) is 51.8 Å². The first-order chi connectivity index (χ1) is 10.9. The lowest BCUT2D eigenvalue weighted by atomic mass is 10.0. The van der Waals surface area contributed by atoms with E-state index in [4.69, 9.17) is 10.2 Å². The van der Waals surface area contributed by atoms with Crippen LogP contribution in [-0.2, 0) is 4.79 Å². The van der Waals surface area contributed by atoms with Crippen LogP contribution in [0.4, 0.5) is 0 Å². The van der Waals surface area contributed by atoms with Crippen LogP contribution < -0.4 is 11.1 Å². The summed E-state index contributed by atoms with van der Waals surface area (Å²) in [6.45, 7) is 5.90. The summed E-state index contributed by atoms with van der Waals surface area (Å²) in [6.07, 6.45) is 0.129. The first kappa shape index (κ1) is 20.4. The molecule has 1 aromatic heterocycles. The molecule has 2 aromatic rings. The van der Waals surface area contributed by atoms with Crippen molar-refractivity contribution in [1.29, 1.82) is 0 Å². The Kier molecular flexibility index (Phi) is 7.66. The van der Waals surface area contributed by atoms with Gasteiger partial charge >= 0.3 is 0 Å². The molecule has 6 nitrogen and oxygen atoms in total. The number of aliphatic hydroxyl groups is 1. The Labute approximate surface area is 148 Å². The van der Waals surface area contributed by atoms with E-state index in [0.29, 0.717) is 29.9 Å². The van der Waals surface area contributed by atoms with Gasteiger partial charge in [-0.15, -0.1) is 12.4 Å². The van der Waals surface area contributed by atoms with E-state index in [1.54, 1.807) is 6.07 Å². The number of aromatic nitrogens is 1. The first-order valence-corrected chi connectivity index (χ1v) is 8.01. The number of nitrogens with two attached hydrogens (primary N) is 1. The molecule has 0 bridgehead atoms. The van der Waals surface area contributed by atoms with Crippen molar-refractivity contribution in [3.05, 3.63) is 30.2 Å². The van der Waals surface area contributed by atoms with Gasteiger partial charge in [0, 0.05) is 0 Å². The molecule has 0 fully saturated rings. The van der Waals surface area contributed by atoms with E-state index >= 15 is 0 Å². The summed E-state index contributed by atoms with van der Waals surface area (Å²) in [4.78, 5) is 16.4. The summed E-state index contributed by atoms with van der Waals surface area (Å²) in [5, 5.41) is 13.3. The fourth-order valence-corrected chi connectivity index (χ4v) is 2.50. The summed E-state index contributed by atoms with van der Waals surface area (Å²) in [6, 6.07) is 6.22. The van der Waals surface area contributed by atoms with Crippen LogP contribution >= 0.6 is 12.4 Å². The molecule has 7 heteroatoms. The SMILES string of the molecule is CC[C@H](NC(=O)C(N)CC(C)C)[C@H](O)c1nc2ccccc2o1.Cl. The molecule has 4 N–H and O–H groups in total. The number of benzene rings is 1. The number of carbonyl (C=O) groups is 1. The molecule has 1 heterocycles. The smallest absolute Gasteiger partial charge is 0.237 e. The number of hydrogen-bond donors (Lipinski definition) is 3. The zero-order chi connectivity index (χ0) is 17.0. The third-order valence-electron chi connectivity index (χ3n) is 3.77. The summed E-state index contributed by atoms with van der Waals surface area (Å²) >= 11 is 0. The monoisotopic (exact) mass is 355 g/mol. The van der Waals surface area contributed by atoms with Gasteiger partial charge in [-0.05, 0) is 30.9 Å². The maximum Gasteiger partial charge on any atom is 0.237 e. The van der Waals surface area contributed by atoms with Crippen LogP contribution in [0.25, 0.3) is 11.1 Å². The number of fused-ring (bicyclic) bond motifs is 1. The summed E-state index contributed by atoms with van der Waals surface area (Å²) < 4.78 is 5.58. The minimum absolute atomic E-state index is 0. The van der Waals surface area contributed by atoms with Crippen molar-refractivity contribution < 1.29 is 14.3 Å². The van der Waals surface area contributed by atoms with Crippen LogP contribution in [0.3, 0.4) is 0 Å². The van der Waals surface area contributed by atoms with Gasteiger partial charge in [-0.1, -0.05) is 32.9 Å². The third-order valence-corrected chi connectivity index (χ3v) is 3.77. The molecule has 0 radical (unpaired) electrons. The lowest BCUT2D eigenvalue weighted by Gasteiger charge is -2.23. The van der Waals surface area contributed by atoms with Crippen LogP contribution in [0.2, 0.25) is 0 Å². The maximum absolute atomic E-state index is 12.2. The van der Waals surface area contributed by atoms with Gasteiger partial charge in [0.2, 0.25) is 11.8 Å². The van der Waals surface area contributed by atoms with Gasteiger partial charge in [-0.3, -0.25) is 4.79 Å². The number of nitrogens with zero attached hydrogens (tertiary/aromatic N) is 1. The molecule has 0 spiro atoms. The van der Waals surface area contributed by atoms with Gasteiger partial charge in [0.25, 0.3) is 0 Å². The molecule has 0 aliphatic heterocycles. The van der Waals surface area contributed by atoms with E-state index in [9.17, 15) is 9.90 Å². The number of rotatable bonds is 7. The summed E-state index contributed by atoms with van der Waals surface area (Å²) in [7, 11) is 0. The highest BCUT2D eigenvalue weighted by Gasteiger charge is 2.27. The Morgan fingerprint density at radius 3 is 2.62 bits per heavy atom. The number of oxazole rings is 1. The fraction of sp³-hybridized carbons (Fsp3) is 0.529. The van der Waals surface area contributed by atoms with E-state index < -0.39 is 18.2 Å². The lowest BCUT2D eigenvalue weighted by molar-refractivity contribution is -0.124. The lowest BCUT2D eigenvalue weighted by Crippen LogP contribution is -2.47. The Morgan fingerprint density at radius 1 is 1.38 bits per heavy atom. The molecular weight excluding hydrogens is 330 g/mol. The van der Waals surface area contributed by atoms with E-state index in [0.717, 1.165) is 0 Å². The Bertz CT molecular complexity index is 626. The van der Waals surface area contributed by atoms with Crippen molar-refractivity contribution in [3.63, 3.8) is 0 Å². The molecule has 134 valence electrons. The molecule has 0 aliphatic rings. The molecular formula is C17H26ClN3O3. The van der Waals surface area contributed by atoms with Crippen LogP contribution in [0, 0.1) is 5.92 Å². The van der Waals surface area contributed by atoms with Crippen LogP contribution in [0.15, 0.2) is 28.7 Å². The van der Waals surface area contributed by atoms with Gasteiger partial charge in [-0.2, -0.15) is 0 Å². The largest absolute Gasteiger partial charge is 0.438 e. The second-order valence-electron chi connectivity index (χ2n) is 6.22. The van der Waals surface area contributed by atoms with E-state index in [-0.39, 0.29) is 24.2 Å². The maximum atomic E-state index is 12.2. The Morgan fingerprint density at radius 2 is 2.04 bits per heavy atom. The second-order valence-corrected chi connectivity index (χ2v) is 6.22. The molecule has 0 saturated heterocycles. The number of carbonyl (C=O) groups excluding carboxylic acids is 1. The highest BCUT2D eigenvalue weighted by molar-refractivity contribution is 5.85. The Balaban J connectivity index is 0.00000288. The number of nitrogens with one attached hydrogen (secondary N) is 1. The predicted molar refractivity (Wildman–Crippen MR) is 95.9 cm³/mol. The average Bonchev–Trinajstić information content (AvgIpc) is 2.94. The van der Waals surface area contributed by atoms with E-state index in [2.05, 4.69) is 10.3 Å². The van der Waals surface area contributed by atoms with Gasteiger partial charge in [-0.25, -0.2) is 4.98 Å². The van der Waals surface area contributed by atoms with Crippen LogP contribution in [-0.4, -0.2) is 28.1 Å². The quantitative estimate of drug-likeness (QED) is 0.708. The topological polar surface area (TPSA) is 101 Å². The summed E-state index contributed by atoms with van der Waals surface area (Å²) in [5.74, 6) is 0.272. The molecule has 2 rings (SSSR count). The molecule has 24 heavy (non-hydrogen) atoms. The predicted octanol–water partition coefficient (Wildman–Crippen LogP) is 2.55. The van der Waals surface area contributed by atoms with Crippen molar-refractivity contribution in [2.24, 2.45) is 11.7 Å². The minimum Gasteiger partial charge on any atom is -0.438 e. The van der Waals surface area contributed by atoms with Gasteiger partial charge < -0.3 is 20.6 Å². The summed E-state index contributed by atoms with van der Waals surface area (Å²) in [5.41, 5.74) is 7.18. The second kappa shape index (κ2) is 9.01. The van der Waals surface area contributed by atoms with Crippen molar-refractivity contribution in [2.75, 3.05) is 0 Å². The van der Waals surface area contributed by atoms with Gasteiger partial charge in [0.05, 0.1) is 12.1 Å². The van der Waals surface area contributed by atoms with E-state index in [1.165, 1.54) is 0 Å². The standard InChI is InChI=1S/C17H25N3O3.ClH/c1-4-12(19-16(22)11(18)9-10(2)3)15(21)17-20-13-7-5-6-8-14(13)23-17;/h5-8,10-12,15,21H,4,9,18H2,1-3H3,(H,19,22);1H/t11?,12-,15-;/m0./s1. The molecule has 1 unspecified atom stereocenters. The molecule has 0 aliphatic carbocycles. The van der Waals surface area contributed by atoms with Crippen LogP contribution in [0.5, 0.6) is 0 Å². The number of halogens is 1. The average molecular weight is 356 g/mol. The van der Waals surface area contributed by atoms with Gasteiger partial charge in [0.1, 0.15) is 5.52 Å². The first-order valence-electron chi connectivity index (χ1n) is 8.01. The minimum atomic E-state index is -1.01. The molecule has 0 saturated carbocycles. The number of hydrogen-bond acceptors (Lipinski definition) is 5. The molecule has 1 amide bonds. The van der Waals surface area contributed by atoms with Gasteiger partial charge in [0.15, 0.2) is 11.7 Å². The fourth-order valence-electron chi connectivity index (χ4n) is 2.50. The number of aliphatic hydroxyl groups excluding tert-OH is 1. The Hall–Kier alpha value is -1.63. The normalized spacial score (nSPS) is 14.9. The highest BCUT2D eigenvalue weighted by atomic mass is 35.5. The number of para-hydroxylation sites is 2. The van der Waals surface area contributed by atoms with Crippen molar-refractivity contribution in [3.8, 4) is 0 Å². The van der Waals surface area contributed by atoms with Crippen molar-refractivity contribution in [1.82, 2.24) is 10.3 Å². The number of amides is 1.